The molecular weight excluding hydrogens is 553 g/mol. The molecule has 1 aromatic rings. The highest BCUT2D eigenvalue weighted by Crippen LogP contribution is 2.39. The topological polar surface area (TPSA) is 142 Å². The van der Waals surface area contributed by atoms with Crippen molar-refractivity contribution in [3.8, 4) is 0 Å². The van der Waals surface area contributed by atoms with Crippen molar-refractivity contribution in [3.63, 3.8) is 0 Å². The summed E-state index contributed by atoms with van der Waals surface area (Å²) in [5.74, 6) is 0.555. The van der Waals surface area contributed by atoms with Gasteiger partial charge in [-0.1, -0.05) is 6.07 Å². The standard InChI is InChI=1S/C28H45F3N8O3/c1-14(2)38(11-20-23(40)24(41)27(42-20)39-13-35-22-25(32)33-12-34-26(22)39)17-7-15(8-17)4-6-21-36-18-5-3-16(9-19(18)37-21)10-28(29,30)31/h3,5,9,14-15,17,20-27,33-37,40-41H,4,6-8,10-13,32H2,1-2H3/t15-,17+,20-,21?,22?,23-,24-,25?,26?,27-/m1/s1. The molecule has 8 atom stereocenters. The Kier molecular flexibility index (Phi) is 8.63. The van der Waals surface area contributed by atoms with E-state index in [1.165, 1.54) is 6.07 Å². The highest BCUT2D eigenvalue weighted by Gasteiger charge is 2.52. The summed E-state index contributed by atoms with van der Waals surface area (Å²) in [5, 5.41) is 38.6. The van der Waals surface area contributed by atoms with Gasteiger partial charge < -0.3 is 31.3 Å². The number of nitrogens with two attached hydrogens (primary N) is 1. The molecule has 1 aliphatic carbocycles. The van der Waals surface area contributed by atoms with Crippen LogP contribution >= 0.6 is 0 Å². The van der Waals surface area contributed by atoms with Crippen molar-refractivity contribution in [2.75, 3.05) is 30.5 Å². The molecule has 1 saturated carbocycles. The number of nitrogens with zero attached hydrogens (tertiary/aromatic N) is 2. The van der Waals surface area contributed by atoms with Crippen LogP contribution in [0, 0.1) is 5.92 Å². The summed E-state index contributed by atoms with van der Waals surface area (Å²) in [6.07, 6.45) is -4.64. The molecule has 236 valence electrons. The van der Waals surface area contributed by atoms with Crippen molar-refractivity contribution in [1.29, 1.82) is 0 Å². The van der Waals surface area contributed by atoms with E-state index in [0.717, 1.165) is 37.1 Å². The van der Waals surface area contributed by atoms with E-state index >= 15 is 0 Å². The van der Waals surface area contributed by atoms with Crippen LogP contribution in [0.15, 0.2) is 18.2 Å². The smallest absolute Gasteiger partial charge is 0.387 e. The highest BCUT2D eigenvalue weighted by atomic mass is 19.4. The fourth-order valence-corrected chi connectivity index (χ4v) is 7.34. The van der Waals surface area contributed by atoms with Crippen LogP contribution in [0.5, 0.6) is 0 Å². The number of aliphatic hydroxyl groups is 2. The zero-order valence-corrected chi connectivity index (χ0v) is 24.1. The van der Waals surface area contributed by atoms with Gasteiger partial charge in [0.15, 0.2) is 0 Å². The van der Waals surface area contributed by atoms with Crippen molar-refractivity contribution in [3.05, 3.63) is 23.8 Å². The lowest BCUT2D eigenvalue weighted by Gasteiger charge is -2.46. The minimum absolute atomic E-state index is 0.00510. The van der Waals surface area contributed by atoms with Gasteiger partial charge >= 0.3 is 6.18 Å². The average Bonchev–Trinajstić information content (AvgIpc) is 3.58. The van der Waals surface area contributed by atoms with E-state index in [1.807, 2.05) is 4.90 Å². The van der Waals surface area contributed by atoms with Crippen molar-refractivity contribution in [2.24, 2.45) is 11.7 Å². The Morgan fingerprint density at radius 2 is 1.83 bits per heavy atom. The average molecular weight is 599 g/mol. The number of nitrogens with one attached hydrogen (secondary N) is 5. The van der Waals surface area contributed by atoms with Gasteiger partial charge in [-0.05, 0) is 63.1 Å². The second-order valence-electron chi connectivity index (χ2n) is 12.9. The fraction of sp³-hybridized carbons (Fsp3) is 0.786. The zero-order valence-electron chi connectivity index (χ0n) is 24.1. The third kappa shape index (κ3) is 6.24. The van der Waals surface area contributed by atoms with E-state index in [0.29, 0.717) is 31.8 Å². The molecule has 3 saturated heterocycles. The summed E-state index contributed by atoms with van der Waals surface area (Å²) in [7, 11) is 0. The number of aliphatic hydroxyl groups excluding tert-OH is 2. The van der Waals surface area contributed by atoms with E-state index in [2.05, 4.69) is 45.3 Å². The molecule has 0 radical (unpaired) electrons. The van der Waals surface area contributed by atoms with E-state index in [9.17, 15) is 23.4 Å². The lowest BCUT2D eigenvalue weighted by molar-refractivity contribution is -0.127. The van der Waals surface area contributed by atoms with Gasteiger partial charge in [-0.25, -0.2) is 4.90 Å². The van der Waals surface area contributed by atoms with Gasteiger partial charge in [-0.15, -0.1) is 0 Å². The summed E-state index contributed by atoms with van der Waals surface area (Å²) in [6, 6.07) is 5.44. The SMILES string of the molecule is CC(C)N(C[C@H]1O[C@@H](N2CNC3C(N)NCNC32)[C@H](O)[C@@H]1O)[C@H]1C[C@@H](CCC2Nc3ccc(CC(F)(F)F)cc3N2)C1. The summed E-state index contributed by atoms with van der Waals surface area (Å²) in [6.45, 7) is 5.89. The molecule has 4 heterocycles. The Balaban J connectivity index is 0.974. The molecule has 4 fully saturated rings. The summed E-state index contributed by atoms with van der Waals surface area (Å²) < 4.78 is 44.7. The summed E-state index contributed by atoms with van der Waals surface area (Å²) in [5.41, 5.74) is 8.03. The molecule has 5 aliphatic rings. The Labute approximate surface area is 244 Å². The molecular formula is C28H45F3N8O3. The number of benzene rings is 1. The molecule has 0 spiro atoms. The van der Waals surface area contributed by atoms with Crippen LogP contribution in [0.4, 0.5) is 24.5 Å². The first-order valence-electron chi connectivity index (χ1n) is 15.2. The van der Waals surface area contributed by atoms with Crippen LogP contribution in [0.3, 0.4) is 0 Å². The maximum atomic E-state index is 12.8. The largest absolute Gasteiger partial charge is 0.393 e. The molecule has 1 aromatic carbocycles. The second-order valence-corrected chi connectivity index (χ2v) is 12.9. The number of alkyl halides is 3. The van der Waals surface area contributed by atoms with Crippen LogP contribution in [0.2, 0.25) is 0 Å². The van der Waals surface area contributed by atoms with Gasteiger partial charge in [0, 0.05) is 25.3 Å². The van der Waals surface area contributed by atoms with E-state index in [4.69, 9.17) is 10.5 Å². The second kappa shape index (κ2) is 12.0. The van der Waals surface area contributed by atoms with Crippen LogP contribution < -0.4 is 32.3 Å². The first-order chi connectivity index (χ1) is 20.0. The number of hydrogen-bond acceptors (Lipinski definition) is 11. The highest BCUT2D eigenvalue weighted by molar-refractivity contribution is 5.75. The van der Waals surface area contributed by atoms with Gasteiger partial charge in [0.1, 0.15) is 24.5 Å². The Morgan fingerprint density at radius 3 is 2.57 bits per heavy atom. The lowest BCUT2D eigenvalue weighted by Crippen LogP contribution is -2.68. The number of hydrogen-bond donors (Lipinski definition) is 8. The van der Waals surface area contributed by atoms with Gasteiger partial charge in [-0.3, -0.25) is 20.9 Å². The van der Waals surface area contributed by atoms with Crippen molar-refractivity contribution >= 4 is 11.4 Å². The minimum Gasteiger partial charge on any atom is -0.387 e. The fourth-order valence-electron chi connectivity index (χ4n) is 7.34. The normalized spacial score (nSPS) is 38.3. The van der Waals surface area contributed by atoms with Crippen LogP contribution in [-0.4, -0.2) is 107 Å². The molecule has 0 aromatic heterocycles. The van der Waals surface area contributed by atoms with Gasteiger partial charge in [0.05, 0.1) is 49.0 Å². The predicted octanol–water partition coefficient (Wildman–Crippen LogP) is 0.663. The number of fused-ring (bicyclic) bond motifs is 2. The molecule has 0 bridgehead atoms. The number of ether oxygens (including phenoxy) is 1. The summed E-state index contributed by atoms with van der Waals surface area (Å²) >= 11 is 0. The van der Waals surface area contributed by atoms with Crippen molar-refractivity contribution < 1.29 is 28.1 Å². The number of halogens is 3. The molecule has 4 unspecified atom stereocenters. The maximum Gasteiger partial charge on any atom is 0.393 e. The minimum atomic E-state index is -4.22. The quantitative estimate of drug-likeness (QED) is 0.203. The molecule has 6 rings (SSSR count). The third-order valence-electron chi connectivity index (χ3n) is 9.65. The molecule has 42 heavy (non-hydrogen) atoms. The van der Waals surface area contributed by atoms with Crippen LogP contribution in [-0.2, 0) is 11.2 Å². The molecule has 0 amide bonds. The van der Waals surface area contributed by atoms with Crippen LogP contribution in [0.25, 0.3) is 0 Å². The Hall–Kier alpha value is -1.75. The first kappa shape index (κ1) is 30.3. The van der Waals surface area contributed by atoms with Gasteiger partial charge in [0.25, 0.3) is 0 Å². The van der Waals surface area contributed by atoms with Gasteiger partial charge in [0.2, 0.25) is 0 Å². The van der Waals surface area contributed by atoms with Crippen LogP contribution in [0.1, 0.15) is 45.1 Å². The summed E-state index contributed by atoms with van der Waals surface area (Å²) in [4.78, 5) is 4.40. The number of rotatable bonds is 9. The maximum absolute atomic E-state index is 12.8. The zero-order chi connectivity index (χ0) is 29.8. The third-order valence-corrected chi connectivity index (χ3v) is 9.65. The molecule has 11 nitrogen and oxygen atoms in total. The van der Waals surface area contributed by atoms with E-state index in [1.54, 1.807) is 12.1 Å². The van der Waals surface area contributed by atoms with E-state index < -0.39 is 37.1 Å². The molecule has 4 aliphatic heterocycles. The van der Waals surface area contributed by atoms with Crippen molar-refractivity contribution in [1.82, 2.24) is 25.8 Å². The predicted molar refractivity (Wildman–Crippen MR) is 152 cm³/mol. The Morgan fingerprint density at radius 1 is 1.07 bits per heavy atom. The molecule has 14 heteroatoms. The first-order valence-corrected chi connectivity index (χ1v) is 15.2. The monoisotopic (exact) mass is 598 g/mol. The molecule has 9 N–H and O–H groups in total. The Bertz CT molecular complexity index is 1090. The van der Waals surface area contributed by atoms with E-state index in [-0.39, 0.29) is 36.1 Å². The van der Waals surface area contributed by atoms with Gasteiger partial charge in [-0.2, -0.15) is 13.2 Å². The number of anilines is 2. The lowest BCUT2D eigenvalue weighted by atomic mass is 9.76. The van der Waals surface area contributed by atoms with Crippen molar-refractivity contribution in [2.45, 2.75) is 113 Å².